The number of rotatable bonds is 2. The molecule has 0 aliphatic carbocycles. The fraction of sp³-hybridized carbons (Fsp3) is 0.467. The molecule has 0 spiro atoms. The van der Waals surface area contributed by atoms with Crippen LogP contribution in [0.4, 0.5) is 0 Å². The molecular formula is C15H20N2. The molecule has 2 heteroatoms. The Morgan fingerprint density at radius 3 is 2.94 bits per heavy atom. The van der Waals surface area contributed by atoms with E-state index in [0.717, 1.165) is 19.5 Å². The van der Waals surface area contributed by atoms with E-state index in [2.05, 4.69) is 40.8 Å². The van der Waals surface area contributed by atoms with Crippen LogP contribution in [0, 0.1) is 12.3 Å². The third-order valence-corrected chi connectivity index (χ3v) is 3.25. The predicted molar refractivity (Wildman–Crippen MR) is 71.6 cm³/mol. The van der Waals surface area contributed by atoms with Gasteiger partial charge < -0.3 is 5.32 Å². The Bertz CT molecular complexity index is 429. The van der Waals surface area contributed by atoms with E-state index in [1.165, 1.54) is 11.1 Å². The summed E-state index contributed by atoms with van der Waals surface area (Å²) in [5.41, 5.74) is 2.48. The second kappa shape index (κ2) is 4.91. The van der Waals surface area contributed by atoms with Gasteiger partial charge in [-0.2, -0.15) is 0 Å². The normalized spacial score (nSPS) is 20.2. The summed E-state index contributed by atoms with van der Waals surface area (Å²) >= 11 is 0. The summed E-state index contributed by atoms with van der Waals surface area (Å²) in [6.45, 7) is 6.07. The summed E-state index contributed by atoms with van der Waals surface area (Å²) in [6.07, 6.45) is 6.63. The van der Waals surface area contributed by atoms with Crippen molar-refractivity contribution < 1.29 is 0 Å². The van der Waals surface area contributed by atoms with Gasteiger partial charge in [-0.3, -0.25) is 5.32 Å². The van der Waals surface area contributed by atoms with E-state index < -0.39 is 0 Å². The lowest BCUT2D eigenvalue weighted by molar-refractivity contribution is 0.395. The van der Waals surface area contributed by atoms with Gasteiger partial charge in [-0.1, -0.05) is 30.2 Å². The van der Waals surface area contributed by atoms with Gasteiger partial charge in [0.15, 0.2) is 0 Å². The molecule has 1 unspecified atom stereocenters. The highest BCUT2D eigenvalue weighted by atomic mass is 15.0. The van der Waals surface area contributed by atoms with Crippen LogP contribution in [0.15, 0.2) is 24.3 Å². The zero-order chi connectivity index (χ0) is 12.3. The number of benzene rings is 1. The Labute approximate surface area is 104 Å². The van der Waals surface area contributed by atoms with Crippen LogP contribution in [0.3, 0.4) is 0 Å². The van der Waals surface area contributed by atoms with Gasteiger partial charge in [0, 0.05) is 12.6 Å². The molecule has 2 rings (SSSR count). The summed E-state index contributed by atoms with van der Waals surface area (Å²) in [5.74, 6) is 2.81. The topological polar surface area (TPSA) is 24.1 Å². The van der Waals surface area contributed by atoms with Gasteiger partial charge >= 0.3 is 0 Å². The molecule has 0 radical (unpaired) electrons. The smallest absolute Gasteiger partial charge is 0.0746 e. The maximum atomic E-state index is 5.55. The highest BCUT2D eigenvalue weighted by Gasteiger charge is 2.23. The van der Waals surface area contributed by atoms with Crippen molar-refractivity contribution in [2.45, 2.75) is 38.4 Å². The highest BCUT2D eigenvalue weighted by molar-refractivity contribution is 5.31. The number of fused-ring (bicyclic) bond motifs is 1. The second-order valence-corrected chi connectivity index (χ2v) is 5.13. The molecule has 0 bridgehead atoms. The Balaban J connectivity index is 2.27. The van der Waals surface area contributed by atoms with E-state index in [1.807, 2.05) is 13.8 Å². The van der Waals surface area contributed by atoms with Crippen molar-refractivity contribution in [3.8, 4) is 12.3 Å². The van der Waals surface area contributed by atoms with E-state index in [-0.39, 0.29) is 5.54 Å². The van der Waals surface area contributed by atoms with Crippen molar-refractivity contribution in [3.05, 3.63) is 35.4 Å². The average molecular weight is 228 g/mol. The van der Waals surface area contributed by atoms with Gasteiger partial charge in [0.2, 0.25) is 0 Å². The molecule has 2 nitrogen and oxygen atoms in total. The van der Waals surface area contributed by atoms with Gasteiger partial charge in [0.25, 0.3) is 0 Å². The summed E-state index contributed by atoms with van der Waals surface area (Å²) in [4.78, 5) is 0. The Morgan fingerprint density at radius 2 is 2.18 bits per heavy atom. The molecular weight excluding hydrogens is 208 g/mol. The largest absolute Gasteiger partial charge is 0.313 e. The fourth-order valence-corrected chi connectivity index (χ4v) is 2.29. The summed E-state index contributed by atoms with van der Waals surface area (Å²) in [6, 6.07) is 8.92. The molecule has 90 valence electrons. The van der Waals surface area contributed by atoms with E-state index in [0.29, 0.717) is 6.04 Å². The number of terminal acetylenes is 1. The SMILES string of the molecule is C#CC(C)(C)NC1CCNCc2ccccc21. The third kappa shape index (κ3) is 2.88. The second-order valence-electron chi connectivity index (χ2n) is 5.13. The lowest BCUT2D eigenvalue weighted by atomic mass is 9.96. The van der Waals surface area contributed by atoms with Gasteiger partial charge in [0.05, 0.1) is 5.54 Å². The first kappa shape index (κ1) is 12.2. The zero-order valence-electron chi connectivity index (χ0n) is 10.6. The lowest BCUT2D eigenvalue weighted by Crippen LogP contribution is -2.40. The lowest BCUT2D eigenvalue weighted by Gasteiger charge is -2.28. The monoisotopic (exact) mass is 228 g/mol. The molecule has 1 atom stereocenters. The van der Waals surface area contributed by atoms with E-state index >= 15 is 0 Å². The minimum absolute atomic E-state index is 0.262. The maximum absolute atomic E-state index is 5.55. The molecule has 0 saturated carbocycles. The summed E-state index contributed by atoms with van der Waals surface area (Å²) in [5, 5.41) is 7.01. The first-order valence-electron chi connectivity index (χ1n) is 6.16. The van der Waals surface area contributed by atoms with Crippen molar-refractivity contribution in [1.82, 2.24) is 10.6 Å². The maximum Gasteiger partial charge on any atom is 0.0746 e. The van der Waals surface area contributed by atoms with Gasteiger partial charge in [-0.15, -0.1) is 6.42 Å². The molecule has 1 aliphatic rings. The summed E-state index contributed by atoms with van der Waals surface area (Å²) < 4.78 is 0. The van der Waals surface area contributed by atoms with E-state index in [4.69, 9.17) is 6.42 Å². The fourth-order valence-electron chi connectivity index (χ4n) is 2.29. The minimum Gasteiger partial charge on any atom is -0.313 e. The highest BCUT2D eigenvalue weighted by Crippen LogP contribution is 2.25. The minimum atomic E-state index is -0.262. The van der Waals surface area contributed by atoms with Crippen LogP contribution >= 0.6 is 0 Å². The van der Waals surface area contributed by atoms with Gasteiger partial charge in [-0.25, -0.2) is 0 Å². The molecule has 0 fully saturated rings. The number of hydrogen-bond donors (Lipinski definition) is 2. The van der Waals surface area contributed by atoms with E-state index in [9.17, 15) is 0 Å². The van der Waals surface area contributed by atoms with Crippen molar-refractivity contribution >= 4 is 0 Å². The standard InChI is InChI=1S/C15H20N2/c1-4-15(2,3)17-14-9-10-16-11-12-7-5-6-8-13(12)14/h1,5-8,14,16-17H,9-11H2,2-3H3. The average Bonchev–Trinajstić information content (AvgIpc) is 2.52. The van der Waals surface area contributed by atoms with Crippen LogP contribution < -0.4 is 10.6 Å². The molecule has 17 heavy (non-hydrogen) atoms. The van der Waals surface area contributed by atoms with Crippen LogP contribution in [0.1, 0.15) is 37.4 Å². The van der Waals surface area contributed by atoms with Crippen LogP contribution in [0.5, 0.6) is 0 Å². The van der Waals surface area contributed by atoms with Crippen LogP contribution in [-0.4, -0.2) is 12.1 Å². The first-order valence-corrected chi connectivity index (χ1v) is 6.16. The molecule has 1 heterocycles. The number of nitrogens with one attached hydrogen (secondary N) is 2. The molecule has 0 aromatic heterocycles. The molecule has 1 aromatic carbocycles. The quantitative estimate of drug-likeness (QED) is 0.758. The van der Waals surface area contributed by atoms with Crippen LogP contribution in [-0.2, 0) is 6.54 Å². The van der Waals surface area contributed by atoms with Crippen LogP contribution in [0.25, 0.3) is 0 Å². The van der Waals surface area contributed by atoms with Crippen molar-refractivity contribution in [3.63, 3.8) is 0 Å². The van der Waals surface area contributed by atoms with Gasteiger partial charge in [0.1, 0.15) is 0 Å². The van der Waals surface area contributed by atoms with Crippen molar-refractivity contribution in [2.24, 2.45) is 0 Å². The molecule has 2 N–H and O–H groups in total. The number of hydrogen-bond acceptors (Lipinski definition) is 2. The predicted octanol–water partition coefficient (Wildman–Crippen LogP) is 2.22. The Morgan fingerprint density at radius 1 is 1.41 bits per heavy atom. The molecule has 1 aromatic rings. The van der Waals surface area contributed by atoms with Crippen molar-refractivity contribution in [1.29, 1.82) is 0 Å². The summed E-state index contributed by atoms with van der Waals surface area (Å²) in [7, 11) is 0. The Hall–Kier alpha value is -1.30. The Kier molecular flexibility index (Phi) is 3.51. The first-order chi connectivity index (χ1) is 8.12. The molecule has 1 aliphatic heterocycles. The van der Waals surface area contributed by atoms with E-state index in [1.54, 1.807) is 0 Å². The molecule has 0 saturated heterocycles. The van der Waals surface area contributed by atoms with Gasteiger partial charge in [-0.05, 0) is 37.9 Å². The zero-order valence-corrected chi connectivity index (χ0v) is 10.6. The third-order valence-electron chi connectivity index (χ3n) is 3.25. The van der Waals surface area contributed by atoms with Crippen LogP contribution in [0.2, 0.25) is 0 Å². The molecule has 0 amide bonds. The van der Waals surface area contributed by atoms with Crippen molar-refractivity contribution in [2.75, 3.05) is 6.54 Å².